The van der Waals surface area contributed by atoms with E-state index in [-0.39, 0.29) is 19.6 Å². The van der Waals surface area contributed by atoms with E-state index in [4.69, 9.17) is 4.74 Å². The maximum Gasteiger partial charge on any atom is 0.328 e. The lowest BCUT2D eigenvalue weighted by Crippen LogP contribution is -2.29. The SMILES string of the molecule is O=C(CCn1ccc(=O)[nH]c1=O)OCc1ccccc1. The minimum Gasteiger partial charge on any atom is -0.461 e. The van der Waals surface area contributed by atoms with E-state index >= 15 is 0 Å². The molecule has 0 atom stereocenters. The first-order chi connectivity index (χ1) is 9.65. The normalized spacial score (nSPS) is 10.2. The number of hydrogen-bond donors (Lipinski definition) is 1. The molecule has 1 aromatic heterocycles. The van der Waals surface area contributed by atoms with Gasteiger partial charge in [0, 0.05) is 18.8 Å². The maximum atomic E-state index is 11.6. The predicted octanol–water partition coefficient (Wildman–Crippen LogP) is 0.670. The number of carbonyl (C=O) groups excluding carboxylic acids is 1. The van der Waals surface area contributed by atoms with E-state index in [0.717, 1.165) is 5.56 Å². The van der Waals surface area contributed by atoms with Crippen LogP contribution >= 0.6 is 0 Å². The second kappa shape index (κ2) is 6.51. The number of carbonyl (C=O) groups is 1. The lowest BCUT2D eigenvalue weighted by atomic mass is 10.2. The number of aryl methyl sites for hydroxylation is 1. The van der Waals surface area contributed by atoms with E-state index in [9.17, 15) is 14.4 Å². The molecule has 6 nitrogen and oxygen atoms in total. The molecule has 2 rings (SSSR count). The Balaban J connectivity index is 1.83. The third-order valence-corrected chi connectivity index (χ3v) is 2.70. The van der Waals surface area contributed by atoms with E-state index < -0.39 is 17.2 Å². The second-order valence-corrected chi connectivity index (χ2v) is 4.20. The average Bonchev–Trinajstić information content (AvgIpc) is 2.45. The number of esters is 1. The Hall–Kier alpha value is -2.63. The van der Waals surface area contributed by atoms with Gasteiger partial charge in [-0.15, -0.1) is 0 Å². The van der Waals surface area contributed by atoms with Crippen molar-refractivity contribution in [1.29, 1.82) is 0 Å². The Kier molecular flexibility index (Phi) is 4.49. The van der Waals surface area contributed by atoms with Crippen LogP contribution in [0.2, 0.25) is 0 Å². The predicted molar refractivity (Wildman–Crippen MR) is 72.2 cm³/mol. The molecular formula is C14H14N2O4. The zero-order chi connectivity index (χ0) is 14.4. The van der Waals surface area contributed by atoms with E-state index in [1.54, 1.807) is 0 Å². The number of nitrogens with zero attached hydrogens (tertiary/aromatic N) is 1. The topological polar surface area (TPSA) is 81.2 Å². The molecule has 6 heteroatoms. The molecule has 0 aliphatic carbocycles. The van der Waals surface area contributed by atoms with Gasteiger partial charge in [-0.1, -0.05) is 30.3 Å². The van der Waals surface area contributed by atoms with E-state index in [1.807, 2.05) is 30.3 Å². The molecule has 1 aromatic carbocycles. The average molecular weight is 274 g/mol. The summed E-state index contributed by atoms with van der Waals surface area (Å²) < 4.78 is 6.34. The number of aromatic nitrogens is 2. The van der Waals surface area contributed by atoms with Gasteiger partial charge in [0.2, 0.25) is 0 Å². The summed E-state index contributed by atoms with van der Waals surface area (Å²) in [6, 6.07) is 10.6. The minimum atomic E-state index is -0.534. The van der Waals surface area contributed by atoms with E-state index in [2.05, 4.69) is 4.98 Å². The number of aromatic amines is 1. The van der Waals surface area contributed by atoms with Crippen molar-refractivity contribution in [3.05, 3.63) is 69.0 Å². The molecule has 20 heavy (non-hydrogen) atoms. The van der Waals surface area contributed by atoms with Crippen LogP contribution in [0, 0.1) is 0 Å². The van der Waals surface area contributed by atoms with Gasteiger partial charge in [0.25, 0.3) is 5.56 Å². The summed E-state index contributed by atoms with van der Waals surface area (Å²) in [5.74, 6) is -0.396. The van der Waals surface area contributed by atoms with Crippen LogP contribution in [0.5, 0.6) is 0 Å². The van der Waals surface area contributed by atoms with Crippen LogP contribution in [0.3, 0.4) is 0 Å². The van der Waals surface area contributed by atoms with Crippen LogP contribution in [0.1, 0.15) is 12.0 Å². The van der Waals surface area contributed by atoms with Gasteiger partial charge < -0.3 is 9.30 Å². The molecule has 0 amide bonds. The summed E-state index contributed by atoms with van der Waals surface area (Å²) in [5.41, 5.74) is -0.0895. The first kappa shape index (κ1) is 13.8. The summed E-state index contributed by atoms with van der Waals surface area (Å²) in [4.78, 5) is 35.9. The summed E-state index contributed by atoms with van der Waals surface area (Å²) in [6.07, 6.45) is 1.42. The molecule has 0 saturated carbocycles. The first-order valence-corrected chi connectivity index (χ1v) is 6.14. The highest BCUT2D eigenvalue weighted by molar-refractivity contribution is 5.69. The summed E-state index contributed by atoms with van der Waals surface area (Å²) >= 11 is 0. The first-order valence-electron chi connectivity index (χ1n) is 6.14. The van der Waals surface area contributed by atoms with Crippen molar-refractivity contribution in [3.8, 4) is 0 Å². The van der Waals surface area contributed by atoms with Gasteiger partial charge in [-0.3, -0.25) is 14.6 Å². The van der Waals surface area contributed by atoms with Crippen LogP contribution in [0.4, 0.5) is 0 Å². The lowest BCUT2D eigenvalue weighted by molar-refractivity contribution is -0.145. The third kappa shape index (κ3) is 3.94. The fourth-order valence-electron chi connectivity index (χ4n) is 1.64. The zero-order valence-corrected chi connectivity index (χ0v) is 10.7. The van der Waals surface area contributed by atoms with Crippen LogP contribution in [0.15, 0.2) is 52.2 Å². The highest BCUT2D eigenvalue weighted by Crippen LogP contribution is 2.01. The number of hydrogen-bond acceptors (Lipinski definition) is 4. The van der Waals surface area contributed by atoms with E-state index in [0.29, 0.717) is 0 Å². The second-order valence-electron chi connectivity index (χ2n) is 4.20. The number of H-pyrrole nitrogens is 1. The molecule has 2 aromatic rings. The Bertz CT molecular complexity index is 688. The van der Waals surface area contributed by atoms with Crippen molar-refractivity contribution in [3.63, 3.8) is 0 Å². The molecule has 1 N–H and O–H groups in total. The highest BCUT2D eigenvalue weighted by Gasteiger charge is 2.05. The molecule has 0 aliphatic heterocycles. The summed E-state index contributed by atoms with van der Waals surface area (Å²) in [6.45, 7) is 0.378. The number of benzene rings is 1. The van der Waals surface area contributed by atoms with Crippen LogP contribution in [-0.2, 0) is 22.7 Å². The number of ether oxygens (including phenoxy) is 1. The third-order valence-electron chi connectivity index (χ3n) is 2.70. The molecule has 0 unspecified atom stereocenters. The van der Waals surface area contributed by atoms with Crippen molar-refractivity contribution in [2.45, 2.75) is 19.6 Å². The Labute approximate surface area is 114 Å². The Morgan fingerprint density at radius 3 is 2.60 bits per heavy atom. The summed E-state index contributed by atoms with van der Waals surface area (Å²) in [5, 5.41) is 0. The largest absolute Gasteiger partial charge is 0.461 e. The fraction of sp³-hybridized carbons (Fsp3) is 0.214. The van der Waals surface area contributed by atoms with Crippen molar-refractivity contribution in [1.82, 2.24) is 9.55 Å². The van der Waals surface area contributed by atoms with E-state index in [1.165, 1.54) is 16.8 Å². The quantitative estimate of drug-likeness (QED) is 0.812. The standard InChI is InChI=1S/C14H14N2O4/c17-12-6-8-16(14(19)15-12)9-7-13(18)20-10-11-4-2-1-3-5-11/h1-6,8H,7,9-10H2,(H,15,17,19). The number of nitrogens with one attached hydrogen (secondary N) is 1. The monoisotopic (exact) mass is 274 g/mol. The minimum absolute atomic E-state index is 0.0682. The van der Waals surface area contributed by atoms with Gasteiger partial charge in [0.1, 0.15) is 6.61 Å². The lowest BCUT2D eigenvalue weighted by Gasteiger charge is -2.06. The van der Waals surface area contributed by atoms with Crippen LogP contribution < -0.4 is 11.2 Å². The highest BCUT2D eigenvalue weighted by atomic mass is 16.5. The van der Waals surface area contributed by atoms with Crippen LogP contribution in [0.25, 0.3) is 0 Å². The van der Waals surface area contributed by atoms with Crippen molar-refractivity contribution < 1.29 is 9.53 Å². The smallest absolute Gasteiger partial charge is 0.328 e. The Morgan fingerprint density at radius 1 is 1.15 bits per heavy atom. The van der Waals surface area contributed by atoms with Crippen molar-refractivity contribution in [2.24, 2.45) is 0 Å². The van der Waals surface area contributed by atoms with Gasteiger partial charge in [-0.25, -0.2) is 4.79 Å². The Morgan fingerprint density at radius 2 is 1.90 bits per heavy atom. The molecule has 1 heterocycles. The molecule has 0 radical (unpaired) electrons. The fourth-order valence-corrected chi connectivity index (χ4v) is 1.64. The van der Waals surface area contributed by atoms with Gasteiger partial charge in [0.15, 0.2) is 0 Å². The molecule has 0 bridgehead atoms. The van der Waals surface area contributed by atoms with Gasteiger partial charge in [0.05, 0.1) is 6.42 Å². The molecular weight excluding hydrogens is 260 g/mol. The van der Waals surface area contributed by atoms with Crippen molar-refractivity contribution in [2.75, 3.05) is 0 Å². The molecule has 0 spiro atoms. The number of rotatable bonds is 5. The molecule has 0 saturated heterocycles. The maximum absolute atomic E-state index is 11.6. The molecule has 0 aliphatic rings. The van der Waals surface area contributed by atoms with Gasteiger partial charge in [-0.05, 0) is 5.56 Å². The van der Waals surface area contributed by atoms with Gasteiger partial charge >= 0.3 is 11.7 Å². The zero-order valence-electron chi connectivity index (χ0n) is 10.7. The van der Waals surface area contributed by atoms with Crippen molar-refractivity contribution >= 4 is 5.97 Å². The van der Waals surface area contributed by atoms with Crippen LogP contribution in [-0.4, -0.2) is 15.5 Å². The molecule has 104 valence electrons. The van der Waals surface area contributed by atoms with Gasteiger partial charge in [-0.2, -0.15) is 0 Å². The summed E-state index contributed by atoms with van der Waals surface area (Å²) in [7, 11) is 0. The molecule has 0 fully saturated rings.